The third-order valence-corrected chi connectivity index (χ3v) is 11.4. The summed E-state index contributed by atoms with van der Waals surface area (Å²) in [5, 5.41) is 17.6. The summed E-state index contributed by atoms with van der Waals surface area (Å²) in [7, 11) is 0. The molecule has 0 fully saturated rings. The molecule has 1 heterocycles. The van der Waals surface area contributed by atoms with Crippen LogP contribution >= 0.6 is 0 Å². The highest BCUT2D eigenvalue weighted by molar-refractivity contribution is 6.21. The van der Waals surface area contributed by atoms with Crippen LogP contribution in [0.25, 0.3) is 93.5 Å². The largest absolute Gasteiger partial charge is 0.309 e. The van der Waals surface area contributed by atoms with E-state index in [4.69, 9.17) is 0 Å². The lowest BCUT2D eigenvalue weighted by Gasteiger charge is -2.19. The molecule has 0 bridgehead atoms. The van der Waals surface area contributed by atoms with Crippen LogP contribution in [0.1, 0.15) is 16.7 Å². The highest BCUT2D eigenvalue weighted by Gasteiger charge is 2.22. The monoisotopic (exact) mass is 684 g/mol. The molecule has 2 nitrogen and oxygen atoms in total. The van der Waals surface area contributed by atoms with Crippen LogP contribution in [0.5, 0.6) is 0 Å². The molecule has 1 aromatic heterocycles. The molecule has 250 valence electrons. The maximum absolute atomic E-state index is 10.3. The van der Waals surface area contributed by atoms with Gasteiger partial charge in [-0.2, -0.15) is 5.26 Å². The van der Waals surface area contributed by atoms with Crippen molar-refractivity contribution in [2.24, 2.45) is 0 Å². The van der Waals surface area contributed by atoms with Crippen molar-refractivity contribution in [3.8, 4) is 56.3 Å². The number of fused-ring (bicyclic) bond motifs is 8. The van der Waals surface area contributed by atoms with Crippen molar-refractivity contribution < 1.29 is 0 Å². The first-order valence-corrected chi connectivity index (χ1v) is 18.5. The van der Waals surface area contributed by atoms with E-state index in [1.165, 1.54) is 71.3 Å². The van der Waals surface area contributed by atoms with Crippen LogP contribution in [0, 0.1) is 11.3 Å². The predicted octanol–water partition coefficient (Wildman–Crippen LogP) is 13.5. The Kier molecular flexibility index (Phi) is 6.71. The van der Waals surface area contributed by atoms with Gasteiger partial charge >= 0.3 is 0 Å². The average molecular weight is 685 g/mol. The van der Waals surface area contributed by atoms with Crippen LogP contribution in [0.15, 0.2) is 182 Å². The molecule has 0 atom stereocenters. The fourth-order valence-electron chi connectivity index (χ4n) is 9.08. The number of hydrogen-bond donors (Lipinski definition) is 0. The summed E-state index contributed by atoms with van der Waals surface area (Å²) in [6, 6.07) is 68.1. The van der Waals surface area contributed by atoms with Crippen molar-refractivity contribution in [3.63, 3.8) is 0 Å². The Bertz CT molecular complexity index is 3100. The van der Waals surface area contributed by atoms with Crippen LogP contribution < -0.4 is 0 Å². The minimum Gasteiger partial charge on any atom is -0.309 e. The van der Waals surface area contributed by atoms with Crippen molar-refractivity contribution in [3.05, 3.63) is 199 Å². The van der Waals surface area contributed by atoms with E-state index in [1.54, 1.807) is 0 Å². The van der Waals surface area contributed by atoms with Gasteiger partial charge in [-0.1, -0.05) is 146 Å². The number of nitriles is 1. The number of para-hydroxylation sites is 2. The summed E-state index contributed by atoms with van der Waals surface area (Å²) in [5.74, 6) is 0. The van der Waals surface area contributed by atoms with Gasteiger partial charge in [0.05, 0.1) is 22.7 Å². The van der Waals surface area contributed by atoms with E-state index in [0.717, 1.165) is 39.8 Å². The molecule has 0 radical (unpaired) electrons. The first-order valence-electron chi connectivity index (χ1n) is 18.5. The number of hydrogen-bond acceptors (Lipinski definition) is 1. The lowest BCUT2D eigenvalue weighted by atomic mass is 9.85. The molecule has 10 aromatic rings. The summed E-state index contributed by atoms with van der Waals surface area (Å²) in [5.41, 5.74) is 16.3. The summed E-state index contributed by atoms with van der Waals surface area (Å²) >= 11 is 0. The van der Waals surface area contributed by atoms with Crippen LogP contribution in [0.3, 0.4) is 0 Å². The fourth-order valence-corrected chi connectivity index (χ4v) is 9.08. The van der Waals surface area contributed by atoms with Gasteiger partial charge in [-0.15, -0.1) is 0 Å². The number of nitrogens with zero attached hydrogens (tertiary/aromatic N) is 2. The van der Waals surface area contributed by atoms with Gasteiger partial charge in [-0.05, 0) is 120 Å². The SMILES string of the molecule is N#Cc1cc(-c2cccc(-c3c4ccccc4c(-c4ccc5c(c4)Cc4ccccc4-5)c4ccccc34)c2)cc(-n2c3ccccc3c3ccccc32)c1. The van der Waals surface area contributed by atoms with E-state index in [2.05, 4.69) is 180 Å². The van der Waals surface area contributed by atoms with Gasteiger partial charge in [0.2, 0.25) is 0 Å². The molecule has 0 saturated carbocycles. The number of rotatable bonds is 4. The number of aromatic nitrogens is 1. The van der Waals surface area contributed by atoms with Gasteiger partial charge in [0.15, 0.2) is 0 Å². The van der Waals surface area contributed by atoms with E-state index in [9.17, 15) is 5.26 Å². The maximum Gasteiger partial charge on any atom is 0.0992 e. The molecule has 54 heavy (non-hydrogen) atoms. The van der Waals surface area contributed by atoms with Crippen molar-refractivity contribution in [2.75, 3.05) is 0 Å². The Balaban J connectivity index is 1.10. The van der Waals surface area contributed by atoms with E-state index in [0.29, 0.717) is 5.56 Å². The molecule has 11 rings (SSSR count). The van der Waals surface area contributed by atoms with Crippen molar-refractivity contribution in [2.45, 2.75) is 6.42 Å². The topological polar surface area (TPSA) is 28.7 Å². The first-order chi connectivity index (χ1) is 26.7. The Morgan fingerprint density at radius 2 is 0.926 bits per heavy atom. The van der Waals surface area contributed by atoms with E-state index in [1.807, 2.05) is 12.1 Å². The second-order valence-corrected chi connectivity index (χ2v) is 14.4. The van der Waals surface area contributed by atoms with Crippen molar-refractivity contribution in [1.29, 1.82) is 5.26 Å². The van der Waals surface area contributed by atoms with E-state index < -0.39 is 0 Å². The minimum atomic E-state index is 0.632. The maximum atomic E-state index is 10.3. The highest BCUT2D eigenvalue weighted by atomic mass is 15.0. The smallest absolute Gasteiger partial charge is 0.0992 e. The lowest BCUT2D eigenvalue weighted by molar-refractivity contribution is 1.18. The van der Waals surface area contributed by atoms with E-state index in [-0.39, 0.29) is 0 Å². The Morgan fingerprint density at radius 1 is 0.389 bits per heavy atom. The third-order valence-electron chi connectivity index (χ3n) is 11.4. The molecule has 9 aromatic carbocycles. The molecule has 0 N–H and O–H groups in total. The van der Waals surface area contributed by atoms with Crippen molar-refractivity contribution >= 4 is 43.4 Å². The van der Waals surface area contributed by atoms with Crippen LogP contribution in [0.4, 0.5) is 0 Å². The summed E-state index contributed by atoms with van der Waals surface area (Å²) < 4.78 is 2.29. The second kappa shape index (κ2) is 11.9. The second-order valence-electron chi connectivity index (χ2n) is 14.4. The Morgan fingerprint density at radius 3 is 1.57 bits per heavy atom. The summed E-state index contributed by atoms with van der Waals surface area (Å²) in [6.07, 6.45) is 0.964. The highest BCUT2D eigenvalue weighted by Crippen LogP contribution is 2.46. The van der Waals surface area contributed by atoms with E-state index >= 15 is 0 Å². The molecular weight excluding hydrogens is 653 g/mol. The standard InChI is InChI=1S/C52H32N2/c53-32-33-26-38(31-40(27-33)54-49-22-9-7-16-43(49)44-17-8-10-23-50(44)54)34-13-11-14-36(28-34)51-45-18-3-5-20-47(45)52(48-21-6-4-19-46(48)51)37-24-25-42-39(30-37)29-35-12-1-2-15-41(35)42/h1-28,30-31H,29H2. The minimum absolute atomic E-state index is 0.632. The predicted molar refractivity (Wildman–Crippen MR) is 225 cm³/mol. The summed E-state index contributed by atoms with van der Waals surface area (Å²) in [6.45, 7) is 0. The first kappa shape index (κ1) is 30.4. The fraction of sp³-hybridized carbons (Fsp3) is 0.0192. The van der Waals surface area contributed by atoms with Gasteiger partial charge in [0.1, 0.15) is 0 Å². The van der Waals surface area contributed by atoms with Gasteiger partial charge in [-0.25, -0.2) is 0 Å². The number of benzene rings is 9. The summed E-state index contributed by atoms with van der Waals surface area (Å²) in [4.78, 5) is 0. The van der Waals surface area contributed by atoms with Gasteiger partial charge in [0, 0.05) is 16.5 Å². The van der Waals surface area contributed by atoms with Crippen LogP contribution in [0.2, 0.25) is 0 Å². The molecule has 1 aliphatic carbocycles. The molecule has 0 saturated heterocycles. The normalized spacial score (nSPS) is 12.0. The van der Waals surface area contributed by atoms with Gasteiger partial charge in [0.25, 0.3) is 0 Å². The Hall–Kier alpha value is -7.21. The third kappa shape index (κ3) is 4.59. The van der Waals surface area contributed by atoms with Crippen LogP contribution in [-0.2, 0) is 6.42 Å². The zero-order valence-electron chi connectivity index (χ0n) is 29.4. The zero-order chi connectivity index (χ0) is 35.8. The Labute approximate surface area is 313 Å². The van der Waals surface area contributed by atoms with Gasteiger partial charge in [-0.3, -0.25) is 0 Å². The lowest BCUT2D eigenvalue weighted by Crippen LogP contribution is -1.96. The van der Waals surface area contributed by atoms with Crippen LogP contribution in [-0.4, -0.2) is 4.57 Å². The average Bonchev–Trinajstić information content (AvgIpc) is 3.78. The molecule has 0 aliphatic heterocycles. The molecule has 1 aliphatic rings. The molecule has 0 unspecified atom stereocenters. The quantitative estimate of drug-likeness (QED) is 0.170. The van der Waals surface area contributed by atoms with Crippen molar-refractivity contribution in [1.82, 2.24) is 4.57 Å². The molecular formula is C52H32N2. The molecule has 0 spiro atoms. The van der Waals surface area contributed by atoms with Gasteiger partial charge < -0.3 is 4.57 Å². The zero-order valence-corrected chi connectivity index (χ0v) is 29.4. The molecule has 2 heteroatoms. The molecule has 0 amide bonds.